The maximum atomic E-state index is 14.4. The molecule has 2 amide bonds. The SMILES string of the molecule is CNC(=O)[C@H](Cc1ccccc1)N(Cc1ccc(Br)cc1)C(=O)CN(c1ccc(Oc2ccccc2)cc1)S(=O)(=O)c1ccccc1. The highest BCUT2D eigenvalue weighted by molar-refractivity contribution is 9.10. The molecule has 0 radical (unpaired) electrons. The van der Waals surface area contributed by atoms with Crippen molar-refractivity contribution in [2.45, 2.75) is 23.9 Å². The summed E-state index contributed by atoms with van der Waals surface area (Å²) in [7, 11) is -2.68. The molecule has 240 valence electrons. The summed E-state index contributed by atoms with van der Waals surface area (Å²) in [6, 6.07) is 39.6. The summed E-state index contributed by atoms with van der Waals surface area (Å²) < 4.78 is 36.2. The summed E-state index contributed by atoms with van der Waals surface area (Å²) in [5, 5.41) is 2.70. The molecule has 0 spiro atoms. The van der Waals surface area contributed by atoms with Gasteiger partial charge in [-0.15, -0.1) is 0 Å². The van der Waals surface area contributed by atoms with E-state index in [4.69, 9.17) is 4.74 Å². The van der Waals surface area contributed by atoms with Gasteiger partial charge in [0.05, 0.1) is 10.6 Å². The number of likely N-dealkylation sites (N-methyl/N-ethyl adjacent to an activating group) is 1. The second kappa shape index (κ2) is 15.6. The van der Waals surface area contributed by atoms with Crippen LogP contribution in [0.1, 0.15) is 11.1 Å². The first-order valence-electron chi connectivity index (χ1n) is 14.9. The first-order chi connectivity index (χ1) is 22.7. The third kappa shape index (κ3) is 8.66. The van der Waals surface area contributed by atoms with Gasteiger partial charge in [-0.05, 0) is 71.8 Å². The molecule has 10 heteroatoms. The fraction of sp³-hybridized carbons (Fsp3) is 0.135. The molecular formula is C37H34BrN3O5S. The van der Waals surface area contributed by atoms with Crippen molar-refractivity contribution in [3.8, 4) is 11.5 Å². The van der Waals surface area contributed by atoms with Crippen molar-refractivity contribution < 1.29 is 22.7 Å². The average Bonchev–Trinajstić information content (AvgIpc) is 3.10. The second-order valence-corrected chi connectivity index (χ2v) is 13.5. The molecule has 5 aromatic rings. The van der Waals surface area contributed by atoms with Gasteiger partial charge in [-0.3, -0.25) is 13.9 Å². The van der Waals surface area contributed by atoms with Crippen LogP contribution >= 0.6 is 15.9 Å². The number of carbonyl (C=O) groups excluding carboxylic acids is 2. The summed E-state index contributed by atoms with van der Waals surface area (Å²) in [5.41, 5.74) is 1.91. The van der Waals surface area contributed by atoms with Crippen LogP contribution in [-0.2, 0) is 32.6 Å². The highest BCUT2D eigenvalue weighted by Gasteiger charge is 2.34. The van der Waals surface area contributed by atoms with E-state index in [1.165, 1.54) is 24.1 Å². The Labute approximate surface area is 283 Å². The van der Waals surface area contributed by atoms with Crippen LogP contribution in [0, 0.1) is 0 Å². The van der Waals surface area contributed by atoms with Crippen LogP contribution in [0.25, 0.3) is 0 Å². The van der Waals surface area contributed by atoms with Crippen molar-refractivity contribution in [2.24, 2.45) is 0 Å². The number of halogens is 1. The normalized spacial score (nSPS) is 11.7. The lowest BCUT2D eigenvalue weighted by Gasteiger charge is -2.33. The van der Waals surface area contributed by atoms with Gasteiger partial charge < -0.3 is 15.0 Å². The molecular weight excluding hydrogens is 678 g/mol. The molecule has 8 nitrogen and oxygen atoms in total. The third-order valence-corrected chi connectivity index (χ3v) is 9.81. The van der Waals surface area contributed by atoms with Gasteiger partial charge in [0.1, 0.15) is 24.1 Å². The highest BCUT2D eigenvalue weighted by atomic mass is 79.9. The zero-order valence-electron chi connectivity index (χ0n) is 25.7. The molecule has 0 saturated heterocycles. The van der Waals surface area contributed by atoms with Crippen LogP contribution in [0.4, 0.5) is 5.69 Å². The van der Waals surface area contributed by atoms with Gasteiger partial charge in [-0.25, -0.2) is 8.42 Å². The van der Waals surface area contributed by atoms with Gasteiger partial charge in [0.25, 0.3) is 10.0 Å². The second-order valence-electron chi connectivity index (χ2n) is 10.7. The van der Waals surface area contributed by atoms with Gasteiger partial charge in [-0.2, -0.15) is 0 Å². The Bertz CT molecular complexity index is 1870. The van der Waals surface area contributed by atoms with Crippen LogP contribution in [0.5, 0.6) is 11.5 Å². The molecule has 1 atom stereocenters. The lowest BCUT2D eigenvalue weighted by Crippen LogP contribution is -2.53. The number of nitrogens with one attached hydrogen (secondary N) is 1. The standard InChI is InChI=1S/C37H34BrN3O5S/c1-39-37(43)35(25-28-11-5-2-6-12-28)40(26-29-17-19-30(38)20-18-29)36(42)27-41(47(44,45)34-15-9-4-10-16-34)31-21-23-33(24-22-31)46-32-13-7-3-8-14-32/h2-24,35H,25-27H2,1H3,(H,39,43)/t35-/m0/s1. The molecule has 0 aliphatic rings. The van der Waals surface area contributed by atoms with Crippen molar-refractivity contribution in [1.29, 1.82) is 0 Å². The molecule has 0 heterocycles. The fourth-order valence-electron chi connectivity index (χ4n) is 5.06. The number of para-hydroxylation sites is 1. The minimum atomic E-state index is -4.21. The number of nitrogens with zero attached hydrogens (tertiary/aromatic N) is 2. The third-order valence-electron chi connectivity index (χ3n) is 7.50. The number of ether oxygens (including phenoxy) is 1. The molecule has 5 aromatic carbocycles. The minimum absolute atomic E-state index is 0.0315. The Hall–Kier alpha value is -4.93. The number of amides is 2. The monoisotopic (exact) mass is 711 g/mol. The van der Waals surface area contributed by atoms with Crippen molar-refractivity contribution >= 4 is 43.5 Å². The van der Waals surface area contributed by atoms with Crippen molar-refractivity contribution in [1.82, 2.24) is 10.2 Å². The van der Waals surface area contributed by atoms with Gasteiger partial charge >= 0.3 is 0 Å². The smallest absolute Gasteiger partial charge is 0.264 e. The van der Waals surface area contributed by atoms with Crippen molar-refractivity contribution in [3.63, 3.8) is 0 Å². The molecule has 5 rings (SSSR count). The summed E-state index contributed by atoms with van der Waals surface area (Å²) in [6.45, 7) is -0.463. The van der Waals surface area contributed by atoms with Crippen molar-refractivity contribution in [3.05, 3.63) is 155 Å². The van der Waals surface area contributed by atoms with Crippen LogP contribution in [0.15, 0.2) is 149 Å². The molecule has 0 aliphatic heterocycles. The Morgan fingerprint density at radius 1 is 0.723 bits per heavy atom. The van der Waals surface area contributed by atoms with Crippen molar-refractivity contribution in [2.75, 3.05) is 17.9 Å². The Kier molecular flexibility index (Phi) is 11.1. The lowest BCUT2D eigenvalue weighted by molar-refractivity contribution is -0.139. The Balaban J connectivity index is 1.53. The molecule has 0 saturated carbocycles. The van der Waals surface area contributed by atoms with Crippen LogP contribution in [0.2, 0.25) is 0 Å². The van der Waals surface area contributed by atoms with Gasteiger partial charge in [0.2, 0.25) is 11.8 Å². The molecule has 0 bridgehead atoms. The average molecular weight is 713 g/mol. The topological polar surface area (TPSA) is 96.0 Å². The Morgan fingerprint density at radius 2 is 1.28 bits per heavy atom. The van der Waals surface area contributed by atoms with E-state index in [2.05, 4.69) is 21.2 Å². The molecule has 1 N–H and O–H groups in total. The Morgan fingerprint density at radius 3 is 1.87 bits per heavy atom. The summed E-state index contributed by atoms with van der Waals surface area (Å²) in [5.74, 6) is 0.231. The van der Waals surface area contributed by atoms with E-state index in [9.17, 15) is 18.0 Å². The number of benzene rings is 5. The first kappa shape index (κ1) is 33.4. The summed E-state index contributed by atoms with van der Waals surface area (Å²) in [6.07, 6.45) is 0.236. The van der Waals surface area contributed by atoms with E-state index in [-0.39, 0.29) is 29.5 Å². The summed E-state index contributed by atoms with van der Waals surface area (Å²) in [4.78, 5) is 29.3. The van der Waals surface area contributed by atoms with Gasteiger partial charge in [0.15, 0.2) is 0 Å². The molecule has 0 unspecified atom stereocenters. The maximum absolute atomic E-state index is 14.4. The lowest BCUT2D eigenvalue weighted by atomic mass is 10.0. The molecule has 47 heavy (non-hydrogen) atoms. The molecule has 0 fully saturated rings. The number of sulfonamides is 1. The van der Waals surface area contributed by atoms with Gasteiger partial charge in [-0.1, -0.05) is 94.8 Å². The number of hydrogen-bond donors (Lipinski definition) is 1. The largest absolute Gasteiger partial charge is 0.457 e. The zero-order chi connectivity index (χ0) is 33.2. The minimum Gasteiger partial charge on any atom is -0.457 e. The number of hydrogen-bond acceptors (Lipinski definition) is 5. The number of carbonyl (C=O) groups is 2. The van der Waals surface area contributed by atoms with Crippen LogP contribution in [-0.4, -0.2) is 44.8 Å². The molecule has 0 aromatic heterocycles. The maximum Gasteiger partial charge on any atom is 0.264 e. The quantitative estimate of drug-likeness (QED) is 0.145. The fourth-order valence-corrected chi connectivity index (χ4v) is 6.76. The van der Waals surface area contributed by atoms with E-state index in [0.717, 1.165) is 19.9 Å². The van der Waals surface area contributed by atoms with E-state index < -0.39 is 28.5 Å². The van der Waals surface area contributed by atoms with E-state index in [1.54, 1.807) is 42.5 Å². The van der Waals surface area contributed by atoms with E-state index in [1.807, 2.05) is 84.9 Å². The first-order valence-corrected chi connectivity index (χ1v) is 17.2. The molecule has 0 aliphatic carbocycles. The predicted molar refractivity (Wildman–Crippen MR) is 187 cm³/mol. The zero-order valence-corrected chi connectivity index (χ0v) is 28.1. The predicted octanol–water partition coefficient (Wildman–Crippen LogP) is 6.82. The highest BCUT2D eigenvalue weighted by Crippen LogP contribution is 2.29. The summed E-state index contributed by atoms with van der Waals surface area (Å²) >= 11 is 3.45. The number of anilines is 1. The van der Waals surface area contributed by atoms with E-state index >= 15 is 0 Å². The van der Waals surface area contributed by atoms with Crippen LogP contribution < -0.4 is 14.4 Å². The van der Waals surface area contributed by atoms with Crippen LogP contribution in [0.3, 0.4) is 0 Å². The van der Waals surface area contributed by atoms with Gasteiger partial charge in [0, 0.05) is 24.5 Å². The number of rotatable bonds is 13. The van der Waals surface area contributed by atoms with E-state index in [0.29, 0.717) is 11.5 Å².